The summed E-state index contributed by atoms with van der Waals surface area (Å²) in [5.41, 5.74) is -0.769. The van der Waals surface area contributed by atoms with E-state index in [4.69, 9.17) is 4.74 Å². The normalized spacial score (nSPS) is 31.4. The highest BCUT2D eigenvalue weighted by molar-refractivity contribution is 7.07. The van der Waals surface area contributed by atoms with Gasteiger partial charge in [0.1, 0.15) is 11.7 Å². The van der Waals surface area contributed by atoms with Crippen LogP contribution in [0.3, 0.4) is 0 Å². The standard InChI is InChI=1S/C16H23NO4S/c1-15(20)5-8-21-16(14(15)19)3-6-17(7-4-16)13(18)10-12-2-9-22-11-12/h2,9,11,14,19-20H,3-8,10H2,1H3/t14-,15+/m0/s1. The average molecular weight is 325 g/mol. The first-order valence-corrected chi connectivity index (χ1v) is 8.70. The fourth-order valence-electron chi connectivity index (χ4n) is 3.48. The number of hydrogen-bond donors (Lipinski definition) is 2. The molecule has 3 heterocycles. The van der Waals surface area contributed by atoms with Crippen LogP contribution < -0.4 is 0 Å². The van der Waals surface area contributed by atoms with Gasteiger partial charge in [-0.25, -0.2) is 0 Å². The van der Waals surface area contributed by atoms with Gasteiger partial charge in [-0.2, -0.15) is 11.3 Å². The number of amides is 1. The summed E-state index contributed by atoms with van der Waals surface area (Å²) in [6.07, 6.45) is 1.11. The van der Waals surface area contributed by atoms with Crippen LogP contribution in [0.4, 0.5) is 0 Å². The minimum absolute atomic E-state index is 0.116. The van der Waals surface area contributed by atoms with E-state index in [0.29, 0.717) is 45.4 Å². The van der Waals surface area contributed by atoms with Gasteiger partial charge in [-0.3, -0.25) is 4.79 Å². The van der Waals surface area contributed by atoms with Crippen molar-refractivity contribution >= 4 is 17.2 Å². The van der Waals surface area contributed by atoms with Crippen LogP contribution in [-0.2, 0) is 16.0 Å². The van der Waals surface area contributed by atoms with Crippen LogP contribution >= 0.6 is 11.3 Å². The van der Waals surface area contributed by atoms with E-state index in [1.165, 1.54) is 0 Å². The van der Waals surface area contributed by atoms with Crippen molar-refractivity contribution < 1.29 is 19.7 Å². The van der Waals surface area contributed by atoms with E-state index in [-0.39, 0.29) is 5.91 Å². The summed E-state index contributed by atoms with van der Waals surface area (Å²) in [6, 6.07) is 1.97. The highest BCUT2D eigenvalue weighted by atomic mass is 32.1. The van der Waals surface area contributed by atoms with Crippen LogP contribution in [0.5, 0.6) is 0 Å². The van der Waals surface area contributed by atoms with Crippen LogP contribution in [0.2, 0.25) is 0 Å². The summed E-state index contributed by atoms with van der Waals surface area (Å²) in [5, 5.41) is 24.7. The molecular formula is C16H23NO4S. The lowest BCUT2D eigenvalue weighted by Gasteiger charge is -2.51. The van der Waals surface area contributed by atoms with Crippen molar-refractivity contribution in [2.24, 2.45) is 0 Å². The molecule has 1 aromatic heterocycles. The van der Waals surface area contributed by atoms with Crippen molar-refractivity contribution in [2.75, 3.05) is 19.7 Å². The van der Waals surface area contributed by atoms with Crippen LogP contribution in [0.25, 0.3) is 0 Å². The maximum Gasteiger partial charge on any atom is 0.227 e. The summed E-state index contributed by atoms with van der Waals surface area (Å²) in [6.45, 7) is 3.25. The Labute approximate surface area is 134 Å². The summed E-state index contributed by atoms with van der Waals surface area (Å²) < 4.78 is 5.84. The second-order valence-corrected chi connectivity index (χ2v) is 7.39. The molecule has 0 bridgehead atoms. The molecule has 2 atom stereocenters. The van der Waals surface area contributed by atoms with Gasteiger partial charge in [0.05, 0.1) is 18.6 Å². The lowest BCUT2D eigenvalue weighted by atomic mass is 9.75. The topological polar surface area (TPSA) is 70.0 Å². The van der Waals surface area contributed by atoms with Gasteiger partial charge >= 0.3 is 0 Å². The van der Waals surface area contributed by atoms with E-state index in [1.807, 2.05) is 21.7 Å². The van der Waals surface area contributed by atoms with Crippen LogP contribution in [0.15, 0.2) is 16.8 Å². The molecule has 0 unspecified atom stereocenters. The van der Waals surface area contributed by atoms with E-state index in [2.05, 4.69) is 0 Å². The number of ether oxygens (including phenoxy) is 1. The van der Waals surface area contributed by atoms with Crippen LogP contribution in [0.1, 0.15) is 31.7 Å². The molecule has 1 spiro atoms. The third-order valence-corrected chi connectivity index (χ3v) is 5.72. The van der Waals surface area contributed by atoms with Gasteiger partial charge in [-0.1, -0.05) is 0 Å². The number of likely N-dealkylation sites (tertiary alicyclic amines) is 1. The SMILES string of the molecule is C[C@@]1(O)CCOC2(CCN(C(=O)Cc3ccsc3)CC2)[C@H]1O. The number of rotatable bonds is 2. The summed E-state index contributed by atoms with van der Waals surface area (Å²) >= 11 is 1.59. The second kappa shape index (κ2) is 5.92. The molecule has 0 radical (unpaired) electrons. The largest absolute Gasteiger partial charge is 0.387 e. The van der Waals surface area contributed by atoms with E-state index in [0.717, 1.165) is 5.56 Å². The van der Waals surface area contributed by atoms with E-state index in [9.17, 15) is 15.0 Å². The molecule has 0 aromatic carbocycles. The number of aliphatic hydroxyl groups is 2. The average Bonchev–Trinajstić information content (AvgIpc) is 2.98. The van der Waals surface area contributed by atoms with Gasteiger partial charge in [0.15, 0.2) is 0 Å². The molecule has 2 saturated heterocycles. The molecule has 0 aliphatic carbocycles. The predicted molar refractivity (Wildman–Crippen MR) is 83.8 cm³/mol. The molecule has 2 aliphatic rings. The number of aliphatic hydroxyl groups excluding tert-OH is 1. The van der Waals surface area contributed by atoms with Gasteiger partial charge < -0.3 is 19.8 Å². The number of hydrogen-bond acceptors (Lipinski definition) is 5. The maximum atomic E-state index is 12.3. The van der Waals surface area contributed by atoms with E-state index in [1.54, 1.807) is 18.3 Å². The highest BCUT2D eigenvalue weighted by Crippen LogP contribution is 2.39. The zero-order valence-corrected chi connectivity index (χ0v) is 13.6. The number of nitrogens with zero attached hydrogens (tertiary/aromatic N) is 1. The predicted octanol–water partition coefficient (Wildman–Crippen LogP) is 1.18. The van der Waals surface area contributed by atoms with Crippen molar-refractivity contribution in [3.05, 3.63) is 22.4 Å². The van der Waals surface area contributed by atoms with Crippen molar-refractivity contribution in [3.8, 4) is 0 Å². The lowest BCUT2D eigenvalue weighted by molar-refractivity contribution is -0.245. The molecule has 2 aliphatic heterocycles. The summed E-state index contributed by atoms with van der Waals surface area (Å²) in [5.74, 6) is 0.116. The molecule has 1 amide bonds. The first-order chi connectivity index (χ1) is 10.4. The van der Waals surface area contributed by atoms with Crippen molar-refractivity contribution in [3.63, 3.8) is 0 Å². The zero-order chi connectivity index (χ0) is 15.8. The van der Waals surface area contributed by atoms with Crippen molar-refractivity contribution in [1.82, 2.24) is 4.90 Å². The Hall–Kier alpha value is -0.950. The summed E-state index contributed by atoms with van der Waals surface area (Å²) in [7, 11) is 0. The fourth-order valence-corrected chi connectivity index (χ4v) is 4.14. The zero-order valence-electron chi connectivity index (χ0n) is 12.8. The van der Waals surface area contributed by atoms with Gasteiger partial charge in [-0.15, -0.1) is 0 Å². The Morgan fingerprint density at radius 3 is 2.82 bits per heavy atom. The number of carbonyl (C=O) groups is 1. The Kier molecular flexibility index (Phi) is 4.29. The quantitative estimate of drug-likeness (QED) is 0.857. The van der Waals surface area contributed by atoms with E-state index < -0.39 is 17.3 Å². The summed E-state index contributed by atoms with van der Waals surface area (Å²) in [4.78, 5) is 14.2. The molecule has 122 valence electrons. The third-order valence-electron chi connectivity index (χ3n) is 4.98. The first-order valence-electron chi connectivity index (χ1n) is 7.76. The maximum absolute atomic E-state index is 12.3. The molecule has 1 aromatic rings. The fraction of sp³-hybridized carbons (Fsp3) is 0.688. The van der Waals surface area contributed by atoms with Gasteiger partial charge in [-0.05, 0) is 42.2 Å². The lowest BCUT2D eigenvalue weighted by Crippen LogP contribution is -2.64. The number of carbonyl (C=O) groups excluding carboxylic acids is 1. The van der Waals surface area contributed by atoms with Crippen LogP contribution in [0, 0.1) is 0 Å². The third kappa shape index (κ3) is 2.93. The molecule has 2 fully saturated rings. The van der Waals surface area contributed by atoms with Crippen LogP contribution in [-0.4, -0.2) is 58.0 Å². The molecule has 3 rings (SSSR count). The molecule has 22 heavy (non-hydrogen) atoms. The minimum Gasteiger partial charge on any atom is -0.387 e. The number of piperidine rings is 1. The van der Waals surface area contributed by atoms with E-state index >= 15 is 0 Å². The molecule has 0 saturated carbocycles. The van der Waals surface area contributed by atoms with Crippen molar-refractivity contribution in [1.29, 1.82) is 0 Å². The second-order valence-electron chi connectivity index (χ2n) is 6.61. The first kappa shape index (κ1) is 15.9. The smallest absolute Gasteiger partial charge is 0.227 e. The molecule has 6 heteroatoms. The Morgan fingerprint density at radius 2 is 2.18 bits per heavy atom. The monoisotopic (exact) mass is 325 g/mol. The van der Waals surface area contributed by atoms with Crippen molar-refractivity contribution in [2.45, 2.75) is 49.9 Å². The number of thiophene rings is 1. The molecule has 5 nitrogen and oxygen atoms in total. The Morgan fingerprint density at radius 1 is 1.45 bits per heavy atom. The highest BCUT2D eigenvalue weighted by Gasteiger charge is 2.52. The van der Waals surface area contributed by atoms with Gasteiger partial charge in [0.2, 0.25) is 5.91 Å². The Balaban J connectivity index is 1.61. The molecular weight excluding hydrogens is 302 g/mol. The van der Waals surface area contributed by atoms with Gasteiger partial charge in [0, 0.05) is 19.5 Å². The Bertz CT molecular complexity index is 520. The molecule has 2 N–H and O–H groups in total. The minimum atomic E-state index is -1.11. The van der Waals surface area contributed by atoms with Gasteiger partial charge in [0.25, 0.3) is 0 Å².